The summed E-state index contributed by atoms with van der Waals surface area (Å²) in [5.74, 6) is 0.233. The standard InChI is InChI=1S/C18H14N6O/c19-10-16-17(22-9-8-21-16)23-11-13-3-5-15(6-4-13)24-18(25)14-2-1-7-20-12-14/h1-9,12H,11H2,(H,22,23)(H,24,25). The van der Waals surface area contributed by atoms with Crippen LogP contribution in [0.2, 0.25) is 0 Å². The molecule has 2 N–H and O–H groups in total. The second-order valence-corrected chi connectivity index (χ2v) is 5.11. The summed E-state index contributed by atoms with van der Waals surface area (Å²) in [6, 6.07) is 12.8. The average molecular weight is 330 g/mol. The first-order chi connectivity index (χ1) is 12.3. The number of carbonyl (C=O) groups is 1. The van der Waals surface area contributed by atoms with E-state index in [4.69, 9.17) is 5.26 Å². The number of rotatable bonds is 5. The van der Waals surface area contributed by atoms with Crippen LogP contribution < -0.4 is 10.6 Å². The summed E-state index contributed by atoms with van der Waals surface area (Å²) in [5, 5.41) is 14.9. The third-order valence-corrected chi connectivity index (χ3v) is 3.40. The lowest BCUT2D eigenvalue weighted by Crippen LogP contribution is -2.12. The Morgan fingerprint density at radius 1 is 1.08 bits per heavy atom. The highest BCUT2D eigenvalue weighted by atomic mass is 16.1. The highest BCUT2D eigenvalue weighted by Gasteiger charge is 2.06. The number of hydrogen-bond acceptors (Lipinski definition) is 6. The van der Waals surface area contributed by atoms with E-state index in [1.807, 2.05) is 30.3 Å². The van der Waals surface area contributed by atoms with Gasteiger partial charge in [0.25, 0.3) is 5.91 Å². The van der Waals surface area contributed by atoms with Crippen molar-refractivity contribution in [2.45, 2.75) is 6.54 Å². The number of nitriles is 1. The molecule has 0 spiro atoms. The number of anilines is 2. The van der Waals surface area contributed by atoms with Crippen LogP contribution >= 0.6 is 0 Å². The molecule has 7 heteroatoms. The number of carbonyl (C=O) groups excluding carboxylic acids is 1. The van der Waals surface area contributed by atoms with Gasteiger partial charge >= 0.3 is 0 Å². The van der Waals surface area contributed by atoms with E-state index < -0.39 is 0 Å². The largest absolute Gasteiger partial charge is 0.364 e. The van der Waals surface area contributed by atoms with E-state index in [-0.39, 0.29) is 11.6 Å². The zero-order valence-electron chi connectivity index (χ0n) is 13.2. The number of nitrogens with one attached hydrogen (secondary N) is 2. The molecule has 25 heavy (non-hydrogen) atoms. The highest BCUT2D eigenvalue weighted by molar-refractivity contribution is 6.03. The molecule has 0 aliphatic rings. The topological polar surface area (TPSA) is 104 Å². The second-order valence-electron chi connectivity index (χ2n) is 5.11. The van der Waals surface area contributed by atoms with E-state index in [1.54, 1.807) is 18.3 Å². The number of amides is 1. The molecule has 0 saturated carbocycles. The van der Waals surface area contributed by atoms with Crippen LogP contribution in [0.1, 0.15) is 21.6 Å². The van der Waals surface area contributed by atoms with Gasteiger partial charge < -0.3 is 10.6 Å². The van der Waals surface area contributed by atoms with Crippen molar-refractivity contribution in [1.29, 1.82) is 5.26 Å². The molecule has 0 aliphatic carbocycles. The lowest BCUT2D eigenvalue weighted by molar-refractivity contribution is 0.102. The minimum absolute atomic E-state index is 0.211. The molecule has 0 bridgehead atoms. The average Bonchev–Trinajstić information content (AvgIpc) is 2.68. The monoisotopic (exact) mass is 330 g/mol. The van der Waals surface area contributed by atoms with Crippen LogP contribution in [0.4, 0.5) is 11.5 Å². The molecular formula is C18H14N6O. The molecular weight excluding hydrogens is 316 g/mol. The molecule has 0 radical (unpaired) electrons. The maximum absolute atomic E-state index is 12.1. The van der Waals surface area contributed by atoms with Crippen LogP contribution in [-0.4, -0.2) is 20.9 Å². The molecule has 1 aromatic carbocycles. The summed E-state index contributed by atoms with van der Waals surface area (Å²) in [4.78, 5) is 24.0. The van der Waals surface area contributed by atoms with Crippen molar-refractivity contribution in [3.63, 3.8) is 0 Å². The van der Waals surface area contributed by atoms with Gasteiger partial charge in [0.15, 0.2) is 11.5 Å². The van der Waals surface area contributed by atoms with Crippen LogP contribution in [0, 0.1) is 11.3 Å². The maximum Gasteiger partial charge on any atom is 0.257 e. The number of hydrogen-bond donors (Lipinski definition) is 2. The van der Waals surface area contributed by atoms with Gasteiger partial charge in [-0.15, -0.1) is 0 Å². The van der Waals surface area contributed by atoms with Gasteiger partial charge in [0.05, 0.1) is 5.56 Å². The first-order valence-electron chi connectivity index (χ1n) is 7.51. The van der Waals surface area contributed by atoms with E-state index in [2.05, 4.69) is 25.6 Å². The van der Waals surface area contributed by atoms with Crippen molar-refractivity contribution in [3.8, 4) is 6.07 Å². The molecule has 0 unspecified atom stereocenters. The normalized spacial score (nSPS) is 9.88. The molecule has 0 aliphatic heterocycles. The molecule has 3 rings (SSSR count). The number of aromatic nitrogens is 3. The van der Waals surface area contributed by atoms with Gasteiger partial charge in [-0.05, 0) is 29.8 Å². The minimum atomic E-state index is -0.211. The Hall–Kier alpha value is -3.79. The summed E-state index contributed by atoms with van der Waals surface area (Å²) in [7, 11) is 0. The summed E-state index contributed by atoms with van der Waals surface area (Å²) >= 11 is 0. The fourth-order valence-corrected chi connectivity index (χ4v) is 2.14. The number of nitrogens with zero attached hydrogens (tertiary/aromatic N) is 4. The van der Waals surface area contributed by atoms with Crippen molar-refractivity contribution < 1.29 is 4.79 Å². The van der Waals surface area contributed by atoms with Crippen molar-refractivity contribution >= 4 is 17.4 Å². The predicted octanol–water partition coefficient (Wildman–Crippen LogP) is 2.61. The molecule has 0 atom stereocenters. The van der Waals surface area contributed by atoms with Gasteiger partial charge in [-0.3, -0.25) is 9.78 Å². The molecule has 3 aromatic rings. The number of pyridine rings is 1. The van der Waals surface area contributed by atoms with Gasteiger partial charge in [-0.25, -0.2) is 9.97 Å². The van der Waals surface area contributed by atoms with Crippen LogP contribution in [0.25, 0.3) is 0 Å². The first kappa shape index (κ1) is 16.1. The quantitative estimate of drug-likeness (QED) is 0.745. The van der Waals surface area contributed by atoms with Gasteiger partial charge in [-0.2, -0.15) is 5.26 Å². The fraction of sp³-hybridized carbons (Fsp3) is 0.0556. The maximum atomic E-state index is 12.1. The SMILES string of the molecule is N#Cc1nccnc1NCc1ccc(NC(=O)c2cccnc2)cc1. The summed E-state index contributed by atoms with van der Waals surface area (Å²) in [6.45, 7) is 0.490. The van der Waals surface area contributed by atoms with Crippen LogP contribution in [-0.2, 0) is 6.54 Å². The molecule has 2 aromatic heterocycles. The Balaban J connectivity index is 1.61. The van der Waals surface area contributed by atoms with Crippen molar-refractivity contribution in [2.75, 3.05) is 10.6 Å². The molecule has 122 valence electrons. The Morgan fingerprint density at radius 3 is 2.60 bits per heavy atom. The van der Waals surface area contributed by atoms with Gasteiger partial charge in [0.2, 0.25) is 0 Å². The Kier molecular flexibility index (Phi) is 4.93. The van der Waals surface area contributed by atoms with E-state index in [9.17, 15) is 4.79 Å². The molecule has 7 nitrogen and oxygen atoms in total. The van der Waals surface area contributed by atoms with Crippen LogP contribution in [0.15, 0.2) is 61.2 Å². The van der Waals surface area contributed by atoms with E-state index in [1.165, 1.54) is 18.6 Å². The zero-order valence-corrected chi connectivity index (χ0v) is 13.2. The lowest BCUT2D eigenvalue weighted by Gasteiger charge is -2.08. The molecule has 2 heterocycles. The van der Waals surface area contributed by atoms with E-state index in [0.29, 0.717) is 23.6 Å². The van der Waals surface area contributed by atoms with Crippen molar-refractivity contribution in [1.82, 2.24) is 15.0 Å². The van der Waals surface area contributed by atoms with Crippen molar-refractivity contribution in [3.05, 3.63) is 78.0 Å². The smallest absolute Gasteiger partial charge is 0.257 e. The van der Waals surface area contributed by atoms with E-state index in [0.717, 1.165) is 5.56 Å². The molecule has 0 fully saturated rings. The molecule has 0 saturated heterocycles. The first-order valence-corrected chi connectivity index (χ1v) is 7.51. The molecule has 1 amide bonds. The van der Waals surface area contributed by atoms with Gasteiger partial charge in [0.1, 0.15) is 6.07 Å². The summed E-state index contributed by atoms with van der Waals surface area (Å²) in [6.07, 6.45) is 6.14. The van der Waals surface area contributed by atoms with E-state index >= 15 is 0 Å². The third kappa shape index (κ3) is 4.14. The second kappa shape index (κ2) is 7.66. The summed E-state index contributed by atoms with van der Waals surface area (Å²) < 4.78 is 0. The van der Waals surface area contributed by atoms with Crippen molar-refractivity contribution in [2.24, 2.45) is 0 Å². The van der Waals surface area contributed by atoms with Gasteiger partial charge in [0, 0.05) is 37.0 Å². The van der Waals surface area contributed by atoms with Crippen LogP contribution in [0.3, 0.4) is 0 Å². The fourth-order valence-electron chi connectivity index (χ4n) is 2.14. The van der Waals surface area contributed by atoms with Gasteiger partial charge in [-0.1, -0.05) is 12.1 Å². The Morgan fingerprint density at radius 2 is 1.88 bits per heavy atom. The zero-order chi connectivity index (χ0) is 17.5. The lowest BCUT2D eigenvalue weighted by atomic mass is 10.2. The predicted molar refractivity (Wildman–Crippen MR) is 92.7 cm³/mol. The Bertz CT molecular complexity index is 903. The minimum Gasteiger partial charge on any atom is -0.364 e. The third-order valence-electron chi connectivity index (χ3n) is 3.40. The Labute approximate surface area is 144 Å². The van der Waals surface area contributed by atoms with Crippen LogP contribution in [0.5, 0.6) is 0 Å². The highest BCUT2D eigenvalue weighted by Crippen LogP contribution is 2.13. The number of benzene rings is 1. The summed E-state index contributed by atoms with van der Waals surface area (Å²) in [5.41, 5.74) is 2.42.